The molecule has 1 atom stereocenters. The number of hydrogen-bond donors (Lipinski definition) is 1. The second-order valence-corrected chi connectivity index (χ2v) is 9.45. The summed E-state index contributed by atoms with van der Waals surface area (Å²) < 4.78 is 39.6. The van der Waals surface area contributed by atoms with Crippen molar-refractivity contribution in [2.75, 3.05) is 5.32 Å². The largest absolute Gasteiger partial charge is 0.364 e. The van der Waals surface area contributed by atoms with Gasteiger partial charge in [-0.05, 0) is 47.8 Å². The molecule has 6 nitrogen and oxygen atoms in total. The highest BCUT2D eigenvalue weighted by atomic mass is 32.2. The van der Waals surface area contributed by atoms with Crippen molar-refractivity contribution in [2.45, 2.75) is 16.7 Å². The first kappa shape index (κ1) is 19.9. The molecule has 0 aliphatic heterocycles. The minimum atomic E-state index is -4.15. The predicted molar refractivity (Wildman–Crippen MR) is 113 cm³/mol. The molecule has 150 valence electrons. The van der Waals surface area contributed by atoms with Crippen molar-refractivity contribution >= 4 is 38.0 Å². The standard InChI is InChI=1S/C21H15FN4O2S2/c22-14-7-9-16(10-8-14)30(27,28)19(12-23)20-21(24-13-15-4-3-11-29-15)26-18-6-2-1-5-17(18)25-20/h1-11,19H,13H2,(H,24,26)/t19-/m0/s1. The zero-order chi connectivity index (χ0) is 21.1. The monoisotopic (exact) mass is 438 g/mol. The number of para-hydroxylation sites is 2. The third-order valence-corrected chi connectivity index (χ3v) is 7.18. The number of nitrogens with one attached hydrogen (secondary N) is 1. The molecular formula is C21H15FN4O2S2. The minimum Gasteiger partial charge on any atom is -0.364 e. The van der Waals surface area contributed by atoms with Crippen LogP contribution in [-0.2, 0) is 16.4 Å². The lowest BCUT2D eigenvalue weighted by molar-refractivity contribution is 0.589. The second-order valence-electron chi connectivity index (χ2n) is 6.39. The Balaban J connectivity index is 1.82. The van der Waals surface area contributed by atoms with E-state index in [0.717, 1.165) is 29.1 Å². The fourth-order valence-corrected chi connectivity index (χ4v) is 4.98. The number of halogens is 1. The van der Waals surface area contributed by atoms with Crippen LogP contribution in [0.3, 0.4) is 0 Å². The average Bonchev–Trinajstić information content (AvgIpc) is 3.26. The van der Waals surface area contributed by atoms with Gasteiger partial charge in [-0.1, -0.05) is 18.2 Å². The average molecular weight is 439 g/mol. The maximum atomic E-state index is 13.3. The second kappa shape index (κ2) is 8.18. The summed E-state index contributed by atoms with van der Waals surface area (Å²) >= 11 is 1.54. The van der Waals surface area contributed by atoms with E-state index in [1.165, 1.54) is 0 Å². The van der Waals surface area contributed by atoms with Gasteiger partial charge in [-0.2, -0.15) is 5.26 Å². The molecule has 1 N–H and O–H groups in total. The predicted octanol–water partition coefficient (Wildman–Crippen LogP) is 4.48. The lowest BCUT2D eigenvalue weighted by Crippen LogP contribution is -2.17. The number of rotatable bonds is 6. The Bertz CT molecular complexity index is 1330. The minimum absolute atomic E-state index is 0.0112. The van der Waals surface area contributed by atoms with Crippen LogP contribution in [0, 0.1) is 17.1 Å². The molecule has 0 spiro atoms. The van der Waals surface area contributed by atoms with Crippen LogP contribution in [0.15, 0.2) is 70.9 Å². The smallest absolute Gasteiger partial charge is 0.200 e. The normalized spacial score (nSPS) is 12.4. The highest BCUT2D eigenvalue weighted by Gasteiger charge is 2.33. The number of benzene rings is 2. The van der Waals surface area contributed by atoms with Crippen LogP contribution in [0.2, 0.25) is 0 Å². The van der Waals surface area contributed by atoms with Gasteiger partial charge in [-0.25, -0.2) is 22.8 Å². The molecule has 0 amide bonds. The van der Waals surface area contributed by atoms with E-state index in [9.17, 15) is 18.1 Å². The summed E-state index contributed by atoms with van der Waals surface area (Å²) in [5, 5.41) is 13.2. The van der Waals surface area contributed by atoms with E-state index >= 15 is 0 Å². The van der Waals surface area contributed by atoms with Gasteiger partial charge in [-0.15, -0.1) is 11.3 Å². The van der Waals surface area contributed by atoms with E-state index < -0.39 is 20.9 Å². The van der Waals surface area contributed by atoms with Crippen LogP contribution < -0.4 is 5.32 Å². The van der Waals surface area contributed by atoms with Crippen molar-refractivity contribution in [2.24, 2.45) is 0 Å². The summed E-state index contributed by atoms with van der Waals surface area (Å²) in [5.74, 6) is -0.342. The SMILES string of the molecule is N#C[C@@H](c1nc2ccccc2nc1NCc1cccs1)S(=O)(=O)c1ccc(F)cc1. The number of nitriles is 1. The Kier molecular flexibility index (Phi) is 5.44. The molecular weight excluding hydrogens is 423 g/mol. The number of fused-ring (bicyclic) bond motifs is 1. The van der Waals surface area contributed by atoms with Crippen LogP contribution in [0.25, 0.3) is 11.0 Å². The summed E-state index contributed by atoms with van der Waals surface area (Å²) in [4.78, 5) is 9.84. The first-order chi connectivity index (χ1) is 14.5. The molecule has 9 heteroatoms. The molecule has 4 aromatic rings. The topological polar surface area (TPSA) is 95.7 Å². The van der Waals surface area contributed by atoms with Crippen molar-refractivity contribution in [1.29, 1.82) is 5.26 Å². The van der Waals surface area contributed by atoms with Crippen molar-refractivity contribution in [3.05, 3.63) is 82.4 Å². The van der Waals surface area contributed by atoms with Crippen molar-refractivity contribution in [3.8, 4) is 6.07 Å². The van der Waals surface area contributed by atoms with Gasteiger partial charge in [0.1, 0.15) is 11.5 Å². The van der Waals surface area contributed by atoms with E-state index in [0.29, 0.717) is 17.6 Å². The van der Waals surface area contributed by atoms with Crippen LogP contribution in [0.1, 0.15) is 15.8 Å². The van der Waals surface area contributed by atoms with E-state index in [1.807, 2.05) is 23.6 Å². The van der Waals surface area contributed by atoms with Crippen LogP contribution in [-0.4, -0.2) is 18.4 Å². The van der Waals surface area contributed by atoms with Gasteiger partial charge >= 0.3 is 0 Å². The molecule has 2 heterocycles. The number of aromatic nitrogens is 2. The highest BCUT2D eigenvalue weighted by molar-refractivity contribution is 7.92. The molecule has 0 unspecified atom stereocenters. The Morgan fingerprint density at radius 3 is 2.37 bits per heavy atom. The molecule has 0 aliphatic carbocycles. The third kappa shape index (κ3) is 3.87. The van der Waals surface area contributed by atoms with Gasteiger partial charge in [0.05, 0.1) is 28.5 Å². The quantitative estimate of drug-likeness (QED) is 0.446. The molecule has 4 rings (SSSR count). The first-order valence-electron chi connectivity index (χ1n) is 8.91. The van der Waals surface area contributed by atoms with Gasteiger partial charge in [0.15, 0.2) is 11.1 Å². The van der Waals surface area contributed by atoms with Gasteiger partial charge in [0.2, 0.25) is 9.84 Å². The number of hydrogen-bond acceptors (Lipinski definition) is 7. The van der Waals surface area contributed by atoms with E-state index in [-0.39, 0.29) is 16.4 Å². The van der Waals surface area contributed by atoms with Crippen LogP contribution in [0.4, 0.5) is 10.2 Å². The fraction of sp³-hybridized carbons (Fsp3) is 0.0952. The molecule has 0 bridgehead atoms. The lowest BCUT2D eigenvalue weighted by atomic mass is 10.2. The lowest BCUT2D eigenvalue weighted by Gasteiger charge is -2.16. The third-order valence-electron chi connectivity index (χ3n) is 4.43. The van der Waals surface area contributed by atoms with Crippen LogP contribution >= 0.6 is 11.3 Å². The van der Waals surface area contributed by atoms with Gasteiger partial charge < -0.3 is 5.32 Å². The number of nitrogens with zero attached hydrogens (tertiary/aromatic N) is 3. The fourth-order valence-electron chi connectivity index (χ4n) is 2.95. The maximum Gasteiger partial charge on any atom is 0.200 e. The van der Waals surface area contributed by atoms with E-state index in [2.05, 4.69) is 15.3 Å². The Morgan fingerprint density at radius 1 is 1.03 bits per heavy atom. The van der Waals surface area contributed by atoms with Crippen LogP contribution in [0.5, 0.6) is 0 Å². The molecule has 0 radical (unpaired) electrons. The molecule has 0 saturated carbocycles. The molecule has 2 aromatic heterocycles. The Labute approximate surface area is 176 Å². The Hall–Kier alpha value is -3.35. The van der Waals surface area contributed by atoms with Gasteiger partial charge in [-0.3, -0.25) is 0 Å². The molecule has 30 heavy (non-hydrogen) atoms. The van der Waals surface area contributed by atoms with Crippen molar-refractivity contribution in [3.63, 3.8) is 0 Å². The molecule has 0 aliphatic rings. The number of thiophene rings is 1. The van der Waals surface area contributed by atoms with Crippen molar-refractivity contribution in [1.82, 2.24) is 9.97 Å². The first-order valence-corrected chi connectivity index (χ1v) is 11.3. The summed E-state index contributed by atoms with van der Waals surface area (Å²) in [6.45, 7) is 0.409. The molecule has 2 aromatic carbocycles. The molecule has 0 fully saturated rings. The van der Waals surface area contributed by atoms with Crippen molar-refractivity contribution < 1.29 is 12.8 Å². The van der Waals surface area contributed by atoms with E-state index in [4.69, 9.17) is 0 Å². The summed E-state index contributed by atoms with van der Waals surface area (Å²) in [7, 11) is -4.15. The Morgan fingerprint density at radius 2 is 1.73 bits per heavy atom. The number of anilines is 1. The highest BCUT2D eigenvalue weighted by Crippen LogP contribution is 2.32. The molecule has 0 saturated heterocycles. The summed E-state index contributed by atoms with van der Waals surface area (Å²) in [5.41, 5.74) is 1.06. The number of sulfone groups is 1. The zero-order valence-electron chi connectivity index (χ0n) is 15.5. The van der Waals surface area contributed by atoms with Gasteiger partial charge in [0, 0.05) is 4.88 Å². The summed E-state index contributed by atoms with van der Waals surface area (Å²) in [6, 6.07) is 17.1. The zero-order valence-corrected chi connectivity index (χ0v) is 17.1. The summed E-state index contributed by atoms with van der Waals surface area (Å²) in [6.07, 6.45) is 0. The van der Waals surface area contributed by atoms with E-state index in [1.54, 1.807) is 35.6 Å². The van der Waals surface area contributed by atoms with Gasteiger partial charge in [0.25, 0.3) is 0 Å². The maximum absolute atomic E-state index is 13.3.